The number of allylic oxidation sites excluding steroid dienone is 1. The normalized spacial score (nSPS) is 35.6. The summed E-state index contributed by atoms with van der Waals surface area (Å²) in [6.45, 7) is 0. The van der Waals surface area contributed by atoms with E-state index in [-0.39, 0.29) is 39.7 Å². The second kappa shape index (κ2) is 3.57. The number of amides is 1. The van der Waals surface area contributed by atoms with Crippen molar-refractivity contribution < 1.29 is 41.0 Å². The molecule has 2 atom stereocenters. The number of nitrogens with zero attached hydrogens (tertiary/aromatic N) is 1. The monoisotopic (exact) mass is 367 g/mol. The third-order valence-electron chi connectivity index (χ3n) is 2.59. The van der Waals surface area contributed by atoms with Gasteiger partial charge in [0.1, 0.15) is 5.54 Å². The summed E-state index contributed by atoms with van der Waals surface area (Å²) in [5, 5.41) is 19.2. The summed E-state index contributed by atoms with van der Waals surface area (Å²) in [6, 6.07) is 0. The standard InChI is InChI=1S/C8H9NO4.W/c10-5-1-2-8(6(11)3-5)4-7(12)9(8)13;/h1-2,6,11,13H,3-4H2;/t6-,8?;/m1./s1. The summed E-state index contributed by atoms with van der Waals surface area (Å²) in [5.74, 6) is -0.621. The van der Waals surface area contributed by atoms with E-state index in [1.165, 1.54) is 12.2 Å². The molecule has 0 aromatic carbocycles. The number of aliphatic hydroxyl groups excluding tert-OH is 1. The zero-order valence-corrected chi connectivity index (χ0v) is 10.1. The van der Waals surface area contributed by atoms with E-state index in [9.17, 15) is 19.9 Å². The minimum atomic E-state index is -1.04. The van der Waals surface area contributed by atoms with Gasteiger partial charge in [0, 0.05) is 27.5 Å². The van der Waals surface area contributed by atoms with Crippen LogP contribution in [0.3, 0.4) is 0 Å². The van der Waals surface area contributed by atoms with Crippen LogP contribution >= 0.6 is 0 Å². The minimum Gasteiger partial charge on any atom is -0.390 e. The molecule has 6 heteroatoms. The molecule has 2 N–H and O–H groups in total. The maximum absolute atomic E-state index is 10.9. The van der Waals surface area contributed by atoms with Crippen LogP contribution in [0.4, 0.5) is 0 Å². The number of aliphatic hydroxyl groups is 1. The number of ketones is 1. The molecule has 0 aromatic rings. The van der Waals surface area contributed by atoms with Crippen molar-refractivity contribution >= 4 is 11.7 Å². The summed E-state index contributed by atoms with van der Waals surface area (Å²) in [6.07, 6.45) is 1.72. The minimum absolute atomic E-state index is 0. The van der Waals surface area contributed by atoms with Crippen LogP contribution in [-0.4, -0.2) is 38.7 Å². The van der Waals surface area contributed by atoms with Crippen LogP contribution < -0.4 is 0 Å². The van der Waals surface area contributed by atoms with Crippen molar-refractivity contribution in [1.82, 2.24) is 5.06 Å². The Labute approximate surface area is 94.6 Å². The van der Waals surface area contributed by atoms with Crippen LogP contribution in [0.2, 0.25) is 0 Å². The van der Waals surface area contributed by atoms with Gasteiger partial charge in [-0.2, -0.15) is 0 Å². The molecule has 1 saturated heterocycles. The zero-order valence-electron chi connectivity index (χ0n) is 7.21. The second-order valence-electron chi connectivity index (χ2n) is 3.39. The molecule has 1 aliphatic heterocycles. The SMILES string of the molecule is O=C1C=CC2(CC(=O)N2O)[C@H](O)C1.[W]. The Morgan fingerprint density at radius 2 is 2.14 bits per heavy atom. The Hall–Kier alpha value is -0.512. The van der Waals surface area contributed by atoms with Gasteiger partial charge in [-0.1, -0.05) is 0 Å². The van der Waals surface area contributed by atoms with Crippen molar-refractivity contribution in [3.05, 3.63) is 12.2 Å². The molecular formula is C8H9NO4W. The number of carbonyl (C=O) groups is 2. The Morgan fingerprint density at radius 1 is 1.50 bits per heavy atom. The van der Waals surface area contributed by atoms with Gasteiger partial charge in [0.05, 0.1) is 12.5 Å². The average Bonchev–Trinajstić information content (AvgIpc) is 2.09. The van der Waals surface area contributed by atoms with Gasteiger partial charge in [-0.25, -0.2) is 5.06 Å². The van der Waals surface area contributed by atoms with Gasteiger partial charge in [-0.3, -0.25) is 14.8 Å². The first-order chi connectivity index (χ1) is 6.06. The second-order valence-corrected chi connectivity index (χ2v) is 3.39. The maximum atomic E-state index is 10.9. The van der Waals surface area contributed by atoms with Crippen LogP contribution in [-0.2, 0) is 30.7 Å². The van der Waals surface area contributed by atoms with Gasteiger partial charge in [-0.05, 0) is 12.2 Å². The van der Waals surface area contributed by atoms with E-state index >= 15 is 0 Å². The van der Waals surface area contributed by atoms with Gasteiger partial charge in [0.2, 0.25) is 5.91 Å². The fourth-order valence-electron chi connectivity index (χ4n) is 1.71. The molecule has 1 heterocycles. The molecule has 1 spiro atoms. The molecule has 0 radical (unpaired) electrons. The molecule has 0 aromatic heterocycles. The van der Waals surface area contributed by atoms with E-state index < -0.39 is 17.6 Å². The summed E-state index contributed by atoms with van der Waals surface area (Å²) >= 11 is 0. The number of hydroxylamine groups is 2. The largest absolute Gasteiger partial charge is 0.390 e. The molecule has 0 saturated carbocycles. The Bertz CT molecular complexity index is 316. The topological polar surface area (TPSA) is 77.8 Å². The average molecular weight is 367 g/mol. The van der Waals surface area contributed by atoms with E-state index in [0.29, 0.717) is 5.06 Å². The fraction of sp³-hybridized carbons (Fsp3) is 0.500. The molecule has 1 amide bonds. The Kier molecular flexibility index (Phi) is 2.95. The van der Waals surface area contributed by atoms with Crippen molar-refractivity contribution in [2.45, 2.75) is 24.5 Å². The number of β-lactam (4-membered cyclic amide) rings is 1. The summed E-state index contributed by atoms with van der Waals surface area (Å²) in [7, 11) is 0. The van der Waals surface area contributed by atoms with Crippen molar-refractivity contribution in [2.75, 3.05) is 0 Å². The van der Waals surface area contributed by atoms with Gasteiger partial charge < -0.3 is 5.11 Å². The van der Waals surface area contributed by atoms with Gasteiger partial charge in [0.15, 0.2) is 5.78 Å². The quantitative estimate of drug-likeness (QED) is 0.436. The zero-order chi connectivity index (χ0) is 9.64. The van der Waals surface area contributed by atoms with E-state index in [4.69, 9.17) is 0 Å². The molecule has 0 bridgehead atoms. The molecule has 2 aliphatic rings. The van der Waals surface area contributed by atoms with Gasteiger partial charge in [-0.15, -0.1) is 0 Å². The predicted octanol–water partition coefficient (Wildman–Crippen LogP) is -0.766. The molecule has 1 aliphatic carbocycles. The van der Waals surface area contributed by atoms with Gasteiger partial charge in [0.25, 0.3) is 0 Å². The van der Waals surface area contributed by atoms with E-state index in [2.05, 4.69) is 0 Å². The predicted molar refractivity (Wildman–Crippen MR) is 40.8 cm³/mol. The van der Waals surface area contributed by atoms with Crippen LogP contribution in [0.25, 0.3) is 0 Å². The number of rotatable bonds is 0. The van der Waals surface area contributed by atoms with Gasteiger partial charge >= 0.3 is 0 Å². The molecule has 76 valence electrons. The van der Waals surface area contributed by atoms with Crippen molar-refractivity contribution in [1.29, 1.82) is 0 Å². The third-order valence-corrected chi connectivity index (χ3v) is 2.59. The van der Waals surface area contributed by atoms with E-state index in [1.54, 1.807) is 0 Å². The maximum Gasteiger partial charge on any atom is 0.249 e. The molecule has 1 fully saturated rings. The molecule has 5 nitrogen and oxygen atoms in total. The fourth-order valence-corrected chi connectivity index (χ4v) is 1.71. The summed E-state index contributed by atoms with van der Waals surface area (Å²) in [4.78, 5) is 21.6. The van der Waals surface area contributed by atoms with Crippen molar-refractivity contribution in [3.8, 4) is 0 Å². The number of hydrogen-bond donors (Lipinski definition) is 2. The van der Waals surface area contributed by atoms with Crippen LogP contribution in [0, 0.1) is 0 Å². The summed E-state index contributed by atoms with van der Waals surface area (Å²) in [5.41, 5.74) is -1.04. The molecular weight excluding hydrogens is 358 g/mol. The molecule has 2 rings (SSSR count). The van der Waals surface area contributed by atoms with E-state index in [1.807, 2.05) is 0 Å². The summed E-state index contributed by atoms with van der Waals surface area (Å²) < 4.78 is 0. The third kappa shape index (κ3) is 1.36. The molecule has 14 heavy (non-hydrogen) atoms. The Morgan fingerprint density at radius 3 is 2.57 bits per heavy atom. The van der Waals surface area contributed by atoms with Crippen LogP contribution in [0.1, 0.15) is 12.8 Å². The first-order valence-corrected chi connectivity index (χ1v) is 3.98. The molecule has 1 unspecified atom stereocenters. The first kappa shape index (κ1) is 11.6. The Balaban J connectivity index is 0.000000980. The van der Waals surface area contributed by atoms with Crippen molar-refractivity contribution in [2.24, 2.45) is 0 Å². The first-order valence-electron chi connectivity index (χ1n) is 3.98. The van der Waals surface area contributed by atoms with Crippen LogP contribution in [0.5, 0.6) is 0 Å². The van der Waals surface area contributed by atoms with E-state index in [0.717, 1.165) is 0 Å². The number of carbonyl (C=O) groups excluding carboxylic acids is 2. The smallest absolute Gasteiger partial charge is 0.249 e. The number of hydrogen-bond acceptors (Lipinski definition) is 4. The van der Waals surface area contributed by atoms with Crippen LogP contribution in [0.15, 0.2) is 12.2 Å². The van der Waals surface area contributed by atoms with Crippen molar-refractivity contribution in [3.63, 3.8) is 0 Å².